The molecule has 0 radical (unpaired) electrons. The fourth-order valence-corrected chi connectivity index (χ4v) is 3.07. The van der Waals surface area contributed by atoms with Gasteiger partial charge >= 0.3 is 0 Å². The molecule has 0 spiro atoms. The van der Waals surface area contributed by atoms with Gasteiger partial charge in [-0.05, 0) is 19.1 Å². The molecule has 3 heterocycles. The summed E-state index contributed by atoms with van der Waals surface area (Å²) in [7, 11) is 0. The average Bonchev–Trinajstić information content (AvgIpc) is 3.26. The quantitative estimate of drug-likeness (QED) is 0.245. The fraction of sp³-hybridized carbons (Fsp3) is 0.375. The molecule has 0 aliphatic carbocycles. The van der Waals surface area contributed by atoms with Gasteiger partial charge in [-0.1, -0.05) is 11.6 Å². The molecule has 6 N–H and O–H groups in total. The van der Waals surface area contributed by atoms with Gasteiger partial charge in [0.1, 0.15) is 35.6 Å². The first-order valence-electron chi connectivity index (χ1n) is 8.25. The topological polar surface area (TPSA) is 173 Å². The molecule has 4 rings (SSSR count). The SMILES string of the molecule is Cc1ccc2[nH]c3c(nnc4nnc([C@@H](O)[C@H](O)[C@@H](O)[C@@H](O)CO)n43)c2c1. The number of hydrogen-bond donors (Lipinski definition) is 6. The van der Waals surface area contributed by atoms with Crippen molar-refractivity contribution in [1.82, 2.24) is 29.8 Å². The average molecular weight is 374 g/mol. The number of rotatable bonds is 5. The Balaban J connectivity index is 1.89. The maximum Gasteiger partial charge on any atom is 0.275 e. The minimum absolute atomic E-state index is 0.0872. The van der Waals surface area contributed by atoms with E-state index in [0.29, 0.717) is 11.2 Å². The first kappa shape index (κ1) is 17.7. The lowest BCUT2D eigenvalue weighted by Gasteiger charge is -2.24. The van der Waals surface area contributed by atoms with Gasteiger partial charge in [0.25, 0.3) is 5.78 Å². The van der Waals surface area contributed by atoms with Crippen LogP contribution in [0.2, 0.25) is 0 Å². The lowest BCUT2D eigenvalue weighted by atomic mass is 10.0. The van der Waals surface area contributed by atoms with Crippen LogP contribution in [0.25, 0.3) is 27.8 Å². The number of hydrogen-bond acceptors (Lipinski definition) is 9. The van der Waals surface area contributed by atoms with E-state index in [1.165, 1.54) is 4.40 Å². The van der Waals surface area contributed by atoms with Crippen LogP contribution >= 0.6 is 0 Å². The number of aliphatic hydroxyl groups excluding tert-OH is 5. The normalized spacial score (nSPS) is 16.8. The maximum absolute atomic E-state index is 10.5. The third-order valence-corrected chi connectivity index (χ3v) is 4.56. The molecule has 4 atom stereocenters. The fourth-order valence-electron chi connectivity index (χ4n) is 3.07. The predicted molar refractivity (Wildman–Crippen MR) is 92.7 cm³/mol. The van der Waals surface area contributed by atoms with Crippen LogP contribution in [0.3, 0.4) is 0 Å². The summed E-state index contributed by atoms with van der Waals surface area (Å²) in [4.78, 5) is 3.17. The highest BCUT2D eigenvalue weighted by Gasteiger charge is 2.34. The number of fused-ring (bicyclic) bond motifs is 5. The van der Waals surface area contributed by atoms with Gasteiger partial charge < -0.3 is 30.5 Å². The van der Waals surface area contributed by atoms with Crippen molar-refractivity contribution in [1.29, 1.82) is 0 Å². The highest BCUT2D eigenvalue weighted by atomic mass is 16.4. The number of nitrogens with zero attached hydrogens (tertiary/aromatic N) is 5. The number of aliphatic hydroxyl groups is 5. The van der Waals surface area contributed by atoms with Gasteiger partial charge in [0.15, 0.2) is 5.82 Å². The summed E-state index contributed by atoms with van der Waals surface area (Å²) in [5.41, 5.74) is 2.82. The molecular formula is C16H18N6O5. The van der Waals surface area contributed by atoms with E-state index >= 15 is 0 Å². The zero-order valence-corrected chi connectivity index (χ0v) is 14.2. The van der Waals surface area contributed by atoms with E-state index < -0.39 is 31.0 Å². The van der Waals surface area contributed by atoms with Crippen LogP contribution in [0.1, 0.15) is 17.5 Å². The molecule has 11 heteroatoms. The molecule has 11 nitrogen and oxygen atoms in total. The summed E-state index contributed by atoms with van der Waals surface area (Å²) in [6.45, 7) is 1.17. The van der Waals surface area contributed by atoms with Crippen molar-refractivity contribution < 1.29 is 25.5 Å². The van der Waals surface area contributed by atoms with Crippen molar-refractivity contribution in [2.24, 2.45) is 0 Å². The van der Waals surface area contributed by atoms with Crippen LogP contribution in [-0.4, -0.2) is 80.2 Å². The summed E-state index contributed by atoms with van der Waals surface area (Å²) in [5.74, 6) is -0.00547. The molecule has 0 saturated heterocycles. The summed E-state index contributed by atoms with van der Waals surface area (Å²) in [6.07, 6.45) is -6.91. The van der Waals surface area contributed by atoms with E-state index in [4.69, 9.17) is 5.11 Å². The van der Waals surface area contributed by atoms with Crippen LogP contribution in [0.15, 0.2) is 18.2 Å². The number of aromatic nitrogens is 6. The smallest absolute Gasteiger partial charge is 0.275 e. The predicted octanol–water partition coefficient (Wildman–Crippen LogP) is -1.43. The Morgan fingerprint density at radius 3 is 2.52 bits per heavy atom. The van der Waals surface area contributed by atoms with Crippen LogP contribution in [-0.2, 0) is 0 Å². The molecule has 27 heavy (non-hydrogen) atoms. The van der Waals surface area contributed by atoms with E-state index in [-0.39, 0.29) is 11.6 Å². The van der Waals surface area contributed by atoms with E-state index in [1.54, 1.807) is 0 Å². The molecule has 0 amide bonds. The van der Waals surface area contributed by atoms with Crippen molar-refractivity contribution in [3.05, 3.63) is 29.6 Å². The van der Waals surface area contributed by atoms with E-state index in [9.17, 15) is 20.4 Å². The first-order chi connectivity index (χ1) is 12.9. The summed E-state index contributed by atoms with van der Waals surface area (Å²) in [6, 6.07) is 5.75. The number of benzene rings is 1. The first-order valence-corrected chi connectivity index (χ1v) is 8.25. The van der Waals surface area contributed by atoms with E-state index in [0.717, 1.165) is 16.5 Å². The number of H-pyrrole nitrogens is 1. The molecule has 3 aromatic heterocycles. The minimum Gasteiger partial charge on any atom is -0.394 e. The molecule has 0 bridgehead atoms. The second-order valence-corrected chi connectivity index (χ2v) is 6.44. The van der Waals surface area contributed by atoms with Crippen molar-refractivity contribution in [3.8, 4) is 0 Å². The second-order valence-electron chi connectivity index (χ2n) is 6.44. The molecule has 4 aromatic rings. The lowest BCUT2D eigenvalue weighted by molar-refractivity contribution is -0.118. The maximum atomic E-state index is 10.5. The Hall–Kier alpha value is -2.70. The Bertz CT molecular complexity index is 1120. The largest absolute Gasteiger partial charge is 0.394 e. The standard InChI is InChI=1S/C16H18N6O5/c1-6-2-3-8-7(4-6)10-14(17-8)22-15(19-21-16(22)20-18-10)13(27)12(26)11(25)9(24)5-23/h2-4,9,11-13,17,23-27H,5H2,1H3/t9-,11-,12+,13-/m0/s1. The van der Waals surface area contributed by atoms with Crippen molar-refractivity contribution in [2.45, 2.75) is 31.3 Å². The Labute approximate surface area is 151 Å². The minimum atomic E-state index is -1.81. The summed E-state index contributed by atoms with van der Waals surface area (Å²) in [5, 5.41) is 65.6. The van der Waals surface area contributed by atoms with Crippen LogP contribution in [0.5, 0.6) is 0 Å². The molecule has 142 valence electrons. The van der Waals surface area contributed by atoms with Crippen molar-refractivity contribution in [2.75, 3.05) is 6.61 Å². The highest BCUT2D eigenvalue weighted by molar-refractivity contribution is 6.04. The third kappa shape index (κ3) is 2.72. The van der Waals surface area contributed by atoms with Gasteiger partial charge in [0.2, 0.25) is 0 Å². The number of nitrogens with one attached hydrogen (secondary N) is 1. The molecule has 0 fully saturated rings. The van der Waals surface area contributed by atoms with Crippen LogP contribution in [0.4, 0.5) is 0 Å². The summed E-state index contributed by atoms with van der Waals surface area (Å²) >= 11 is 0. The van der Waals surface area contributed by atoms with E-state index in [1.807, 2.05) is 25.1 Å². The van der Waals surface area contributed by atoms with Gasteiger partial charge in [-0.25, -0.2) is 4.40 Å². The monoisotopic (exact) mass is 374 g/mol. The molecular weight excluding hydrogens is 356 g/mol. The van der Waals surface area contributed by atoms with Gasteiger partial charge in [0, 0.05) is 10.9 Å². The summed E-state index contributed by atoms with van der Waals surface area (Å²) < 4.78 is 1.39. The van der Waals surface area contributed by atoms with Gasteiger partial charge in [0.05, 0.1) is 6.61 Å². The molecule has 0 aliphatic rings. The highest BCUT2D eigenvalue weighted by Crippen LogP contribution is 2.27. The second kappa shape index (κ2) is 6.48. The van der Waals surface area contributed by atoms with Crippen molar-refractivity contribution >= 4 is 27.8 Å². The number of aromatic amines is 1. The molecule has 0 aliphatic heterocycles. The molecule has 1 aromatic carbocycles. The molecule has 0 unspecified atom stereocenters. The zero-order valence-electron chi connectivity index (χ0n) is 14.2. The Morgan fingerprint density at radius 2 is 1.78 bits per heavy atom. The van der Waals surface area contributed by atoms with E-state index in [2.05, 4.69) is 25.4 Å². The lowest BCUT2D eigenvalue weighted by Crippen LogP contribution is -2.43. The van der Waals surface area contributed by atoms with Gasteiger partial charge in [-0.15, -0.1) is 20.4 Å². The zero-order chi connectivity index (χ0) is 19.3. The Kier molecular flexibility index (Phi) is 4.25. The third-order valence-electron chi connectivity index (χ3n) is 4.56. The molecule has 0 saturated carbocycles. The van der Waals surface area contributed by atoms with Gasteiger partial charge in [-0.2, -0.15) is 0 Å². The Morgan fingerprint density at radius 1 is 1.04 bits per heavy atom. The van der Waals surface area contributed by atoms with Crippen LogP contribution in [0, 0.1) is 6.92 Å². The van der Waals surface area contributed by atoms with Gasteiger partial charge in [-0.3, -0.25) is 0 Å². The van der Waals surface area contributed by atoms with Crippen molar-refractivity contribution in [3.63, 3.8) is 0 Å². The van der Waals surface area contributed by atoms with Crippen LogP contribution < -0.4 is 0 Å². The number of aryl methyl sites for hydroxylation is 1.